The van der Waals surface area contributed by atoms with Gasteiger partial charge in [-0.3, -0.25) is 14.4 Å². The van der Waals surface area contributed by atoms with Crippen LogP contribution in [0.5, 0.6) is 0 Å². The summed E-state index contributed by atoms with van der Waals surface area (Å²) in [5, 5.41) is 10.4. The van der Waals surface area contributed by atoms with E-state index in [0.29, 0.717) is 15.4 Å². The van der Waals surface area contributed by atoms with Gasteiger partial charge >= 0.3 is 6.18 Å². The van der Waals surface area contributed by atoms with Gasteiger partial charge in [-0.25, -0.2) is 8.42 Å². The van der Waals surface area contributed by atoms with E-state index in [9.17, 15) is 26.4 Å². The highest BCUT2D eigenvalue weighted by Gasteiger charge is 2.35. The number of nitrogens with one attached hydrogen (secondary N) is 1. The lowest BCUT2D eigenvalue weighted by atomic mass is 10.2. The highest BCUT2D eigenvalue weighted by Crippen LogP contribution is 2.38. The number of benzene rings is 3. The minimum absolute atomic E-state index is 0.101. The van der Waals surface area contributed by atoms with E-state index in [1.54, 1.807) is 31.2 Å². The van der Waals surface area contributed by atoms with Gasteiger partial charge in [0.1, 0.15) is 11.6 Å². The van der Waals surface area contributed by atoms with Crippen LogP contribution in [0.3, 0.4) is 0 Å². The van der Waals surface area contributed by atoms with Crippen LogP contribution < -0.4 is 9.62 Å². The van der Waals surface area contributed by atoms with Crippen molar-refractivity contribution in [3.05, 3.63) is 88.9 Å². The number of carbonyl (C=O) groups is 1. The monoisotopic (exact) mass is 566 g/mol. The molecular weight excluding hydrogens is 549 g/mol. The smallest absolute Gasteiger partial charge is 0.299 e. The van der Waals surface area contributed by atoms with Crippen molar-refractivity contribution in [2.75, 3.05) is 16.2 Å². The van der Waals surface area contributed by atoms with Crippen LogP contribution in [-0.2, 0) is 21.0 Å². The molecule has 13 heteroatoms. The molecule has 7 nitrogen and oxygen atoms in total. The second-order valence-corrected chi connectivity index (χ2v) is 11.1. The number of nitrogens with zero attached hydrogens (tertiary/aromatic N) is 3. The molecule has 0 radical (unpaired) electrons. The minimum atomic E-state index is -4.84. The van der Waals surface area contributed by atoms with E-state index in [0.717, 1.165) is 34.6 Å². The summed E-state index contributed by atoms with van der Waals surface area (Å²) in [6, 6.07) is 17.4. The molecule has 0 aliphatic carbocycles. The molecule has 0 spiro atoms. The number of anilines is 2. The number of hydrogen-bond donors (Lipinski definition) is 1. The van der Waals surface area contributed by atoms with Crippen LogP contribution in [0.4, 0.5) is 24.0 Å². The van der Waals surface area contributed by atoms with Gasteiger partial charge in [0.25, 0.3) is 10.0 Å². The molecule has 0 atom stereocenters. The highest BCUT2D eigenvalue weighted by atomic mass is 35.5. The Labute approximate surface area is 219 Å². The van der Waals surface area contributed by atoms with Crippen molar-refractivity contribution in [3.63, 3.8) is 0 Å². The SMILES string of the molecule is Cc1ccc(S(=O)(=O)N(CC(=O)Nc2nnc(-c3ccccc3)s2)c2ccc(Cl)c(C(F)(F)F)c2)cc1. The molecule has 0 saturated heterocycles. The van der Waals surface area contributed by atoms with Crippen LogP contribution in [0.15, 0.2) is 77.7 Å². The number of alkyl halides is 3. The third-order valence-corrected chi connectivity index (χ3v) is 8.14. The van der Waals surface area contributed by atoms with Crippen molar-refractivity contribution >= 4 is 49.7 Å². The molecule has 3 aromatic carbocycles. The molecule has 1 amide bonds. The van der Waals surface area contributed by atoms with Crippen molar-refractivity contribution in [3.8, 4) is 10.6 Å². The number of sulfonamides is 1. The fraction of sp³-hybridized carbons (Fsp3) is 0.125. The van der Waals surface area contributed by atoms with Crippen molar-refractivity contribution in [1.29, 1.82) is 0 Å². The molecule has 192 valence electrons. The molecule has 37 heavy (non-hydrogen) atoms. The second kappa shape index (κ2) is 10.5. The summed E-state index contributed by atoms with van der Waals surface area (Å²) in [6.07, 6.45) is -4.84. The molecule has 4 rings (SSSR count). The van der Waals surface area contributed by atoms with Crippen LogP contribution >= 0.6 is 22.9 Å². The molecule has 1 heterocycles. The highest BCUT2D eigenvalue weighted by molar-refractivity contribution is 7.92. The number of amides is 1. The molecule has 0 unspecified atom stereocenters. The van der Waals surface area contributed by atoms with Crippen molar-refractivity contribution in [1.82, 2.24) is 10.2 Å². The summed E-state index contributed by atoms with van der Waals surface area (Å²) >= 11 is 6.78. The molecule has 1 aromatic heterocycles. The first-order valence-electron chi connectivity index (χ1n) is 10.6. The van der Waals surface area contributed by atoms with E-state index in [1.165, 1.54) is 12.1 Å². The van der Waals surface area contributed by atoms with E-state index in [1.807, 2.05) is 18.2 Å². The normalized spacial score (nSPS) is 11.8. The molecule has 0 fully saturated rings. The number of halogens is 4. The first-order valence-corrected chi connectivity index (χ1v) is 13.2. The lowest BCUT2D eigenvalue weighted by Crippen LogP contribution is -2.38. The summed E-state index contributed by atoms with van der Waals surface area (Å²) in [7, 11) is -4.44. The van der Waals surface area contributed by atoms with Gasteiger partial charge in [0.05, 0.1) is 21.2 Å². The maximum atomic E-state index is 13.5. The molecule has 0 bridgehead atoms. The van der Waals surface area contributed by atoms with Crippen LogP contribution in [0.25, 0.3) is 10.6 Å². The molecule has 0 saturated carbocycles. The Morgan fingerprint density at radius 2 is 1.70 bits per heavy atom. The predicted octanol–water partition coefficient (Wildman–Crippen LogP) is 6.02. The number of carbonyl (C=O) groups excluding carboxylic acids is 1. The van der Waals surface area contributed by atoms with Gasteiger partial charge in [-0.1, -0.05) is 71.0 Å². The largest absolute Gasteiger partial charge is 0.417 e. The van der Waals surface area contributed by atoms with Gasteiger partial charge in [-0.15, -0.1) is 10.2 Å². The van der Waals surface area contributed by atoms with Crippen molar-refractivity contribution in [2.45, 2.75) is 18.0 Å². The van der Waals surface area contributed by atoms with Crippen molar-refractivity contribution in [2.24, 2.45) is 0 Å². The van der Waals surface area contributed by atoms with E-state index in [-0.39, 0.29) is 15.7 Å². The zero-order valence-electron chi connectivity index (χ0n) is 19.0. The third-order valence-electron chi connectivity index (χ3n) is 5.13. The first kappa shape index (κ1) is 26.6. The number of rotatable bonds is 7. The van der Waals surface area contributed by atoms with Crippen LogP contribution in [-0.4, -0.2) is 31.1 Å². The summed E-state index contributed by atoms with van der Waals surface area (Å²) in [6.45, 7) is 0.928. The van der Waals surface area contributed by atoms with E-state index in [4.69, 9.17) is 11.6 Å². The molecular formula is C24H18ClF3N4O3S2. The maximum absolute atomic E-state index is 13.5. The Balaban J connectivity index is 1.67. The molecule has 0 aliphatic rings. The summed E-state index contributed by atoms with van der Waals surface area (Å²) in [5.74, 6) is -0.824. The van der Waals surface area contributed by atoms with Gasteiger partial charge in [0.15, 0.2) is 0 Å². The zero-order valence-corrected chi connectivity index (χ0v) is 21.4. The molecule has 0 aliphatic heterocycles. The number of aromatic nitrogens is 2. The number of hydrogen-bond acceptors (Lipinski definition) is 6. The minimum Gasteiger partial charge on any atom is -0.299 e. The second-order valence-electron chi connectivity index (χ2n) is 7.81. The maximum Gasteiger partial charge on any atom is 0.417 e. The van der Waals surface area contributed by atoms with Gasteiger partial charge in [0, 0.05) is 5.56 Å². The Bertz CT molecular complexity index is 1530. The average Bonchev–Trinajstić information content (AvgIpc) is 3.31. The Morgan fingerprint density at radius 3 is 2.35 bits per heavy atom. The quantitative estimate of drug-likeness (QED) is 0.295. The van der Waals surface area contributed by atoms with Gasteiger partial charge in [-0.2, -0.15) is 13.2 Å². The van der Waals surface area contributed by atoms with E-state index >= 15 is 0 Å². The summed E-state index contributed by atoms with van der Waals surface area (Å²) in [5.41, 5.74) is -0.0630. The van der Waals surface area contributed by atoms with Gasteiger partial charge in [-0.05, 0) is 37.3 Å². The topological polar surface area (TPSA) is 92.3 Å². The van der Waals surface area contributed by atoms with Gasteiger partial charge in [0.2, 0.25) is 11.0 Å². The van der Waals surface area contributed by atoms with Gasteiger partial charge < -0.3 is 0 Å². The average molecular weight is 567 g/mol. The van der Waals surface area contributed by atoms with Crippen molar-refractivity contribution < 1.29 is 26.4 Å². The summed E-state index contributed by atoms with van der Waals surface area (Å²) < 4.78 is 68.1. The first-order chi connectivity index (χ1) is 17.4. The standard InChI is InChI=1S/C24H18ClF3N4O3S2/c1-15-7-10-18(11-8-15)37(34,35)32(17-9-12-20(25)19(13-17)24(26,27)28)14-21(33)29-23-31-30-22(36-23)16-5-3-2-4-6-16/h2-13H,14H2,1H3,(H,29,31,33). The Hall–Kier alpha value is -3.48. The van der Waals surface area contributed by atoms with Crippen LogP contribution in [0.2, 0.25) is 5.02 Å². The Morgan fingerprint density at radius 1 is 1.03 bits per heavy atom. The fourth-order valence-corrected chi connectivity index (χ4v) is 5.70. The molecule has 1 N–H and O–H groups in total. The van der Waals surface area contributed by atoms with Crippen LogP contribution in [0.1, 0.15) is 11.1 Å². The third kappa shape index (κ3) is 6.09. The van der Waals surface area contributed by atoms with E-state index in [2.05, 4.69) is 15.5 Å². The fourth-order valence-electron chi connectivity index (χ4n) is 3.30. The van der Waals surface area contributed by atoms with E-state index < -0.39 is 39.2 Å². The Kier molecular flexibility index (Phi) is 7.53. The molecule has 4 aromatic rings. The lowest BCUT2D eigenvalue weighted by molar-refractivity contribution is -0.137. The lowest BCUT2D eigenvalue weighted by Gasteiger charge is -2.25. The summed E-state index contributed by atoms with van der Waals surface area (Å²) in [4.78, 5) is 12.7. The predicted molar refractivity (Wildman–Crippen MR) is 136 cm³/mol. The van der Waals surface area contributed by atoms with Crippen LogP contribution in [0, 0.1) is 6.92 Å². The zero-order chi connectivity index (χ0) is 26.8. The number of aryl methyl sites for hydroxylation is 1.